The van der Waals surface area contributed by atoms with Crippen molar-refractivity contribution in [2.45, 2.75) is 6.54 Å². The maximum absolute atomic E-state index is 6.10. The molecule has 0 unspecified atom stereocenters. The van der Waals surface area contributed by atoms with Crippen LogP contribution in [0.3, 0.4) is 0 Å². The molecule has 2 aromatic heterocycles. The van der Waals surface area contributed by atoms with Crippen molar-refractivity contribution in [3.8, 4) is 0 Å². The van der Waals surface area contributed by atoms with E-state index in [1.807, 2.05) is 35.1 Å². The predicted octanol–water partition coefficient (Wildman–Crippen LogP) is 3.79. The lowest BCUT2D eigenvalue weighted by Gasteiger charge is -2.05. The molecule has 0 bridgehead atoms. The normalized spacial score (nSPS) is 11.0. The summed E-state index contributed by atoms with van der Waals surface area (Å²) in [6, 6.07) is 11.4. The molecule has 90 valence electrons. The SMILES string of the molecule is Clc1ccc(Cl)c(Cn2ncc3ccccc32)n1. The second-order valence-corrected chi connectivity index (χ2v) is 4.72. The molecule has 2 heterocycles. The summed E-state index contributed by atoms with van der Waals surface area (Å²) in [7, 11) is 0. The molecular weight excluding hydrogens is 269 g/mol. The van der Waals surface area contributed by atoms with Crippen molar-refractivity contribution in [2.75, 3.05) is 0 Å². The van der Waals surface area contributed by atoms with Gasteiger partial charge in [-0.25, -0.2) is 4.98 Å². The van der Waals surface area contributed by atoms with Crippen molar-refractivity contribution in [2.24, 2.45) is 0 Å². The third kappa shape index (κ3) is 2.07. The molecule has 0 N–H and O–H groups in total. The number of hydrogen-bond donors (Lipinski definition) is 0. The number of para-hydroxylation sites is 1. The first-order valence-electron chi connectivity index (χ1n) is 5.45. The van der Waals surface area contributed by atoms with Crippen LogP contribution >= 0.6 is 23.2 Å². The second kappa shape index (κ2) is 4.59. The van der Waals surface area contributed by atoms with E-state index in [2.05, 4.69) is 10.1 Å². The number of halogens is 2. The van der Waals surface area contributed by atoms with Crippen molar-refractivity contribution in [1.82, 2.24) is 14.8 Å². The number of benzene rings is 1. The monoisotopic (exact) mass is 277 g/mol. The first-order chi connectivity index (χ1) is 8.74. The van der Waals surface area contributed by atoms with Gasteiger partial charge >= 0.3 is 0 Å². The van der Waals surface area contributed by atoms with E-state index >= 15 is 0 Å². The second-order valence-electron chi connectivity index (χ2n) is 3.92. The van der Waals surface area contributed by atoms with Crippen LogP contribution in [0, 0.1) is 0 Å². The summed E-state index contributed by atoms with van der Waals surface area (Å²) < 4.78 is 1.86. The van der Waals surface area contributed by atoms with Crippen molar-refractivity contribution < 1.29 is 0 Å². The number of hydrogen-bond acceptors (Lipinski definition) is 2. The Balaban J connectivity index is 2.04. The van der Waals surface area contributed by atoms with Crippen LogP contribution in [0.1, 0.15) is 5.69 Å². The van der Waals surface area contributed by atoms with Crippen LogP contribution in [0.4, 0.5) is 0 Å². The van der Waals surface area contributed by atoms with Gasteiger partial charge in [-0.2, -0.15) is 5.10 Å². The summed E-state index contributed by atoms with van der Waals surface area (Å²) in [6.07, 6.45) is 1.83. The number of aromatic nitrogens is 3. The zero-order valence-corrected chi connectivity index (χ0v) is 10.9. The van der Waals surface area contributed by atoms with Crippen LogP contribution in [0.25, 0.3) is 10.9 Å². The molecule has 0 fully saturated rings. The lowest BCUT2D eigenvalue weighted by molar-refractivity contribution is 0.697. The van der Waals surface area contributed by atoms with E-state index in [0.717, 1.165) is 16.6 Å². The van der Waals surface area contributed by atoms with Crippen LogP contribution in [0.5, 0.6) is 0 Å². The Kier molecular flexibility index (Phi) is 2.94. The maximum atomic E-state index is 6.10. The van der Waals surface area contributed by atoms with E-state index in [0.29, 0.717) is 16.7 Å². The molecule has 0 spiro atoms. The van der Waals surface area contributed by atoms with Gasteiger partial charge in [-0.15, -0.1) is 0 Å². The largest absolute Gasteiger partial charge is 0.259 e. The van der Waals surface area contributed by atoms with Gasteiger partial charge < -0.3 is 0 Å². The van der Waals surface area contributed by atoms with Gasteiger partial charge in [0.05, 0.1) is 29.0 Å². The highest BCUT2D eigenvalue weighted by Gasteiger charge is 2.07. The summed E-state index contributed by atoms with van der Waals surface area (Å²) in [5, 5.41) is 6.46. The molecular formula is C13H9Cl2N3. The molecule has 0 radical (unpaired) electrons. The van der Waals surface area contributed by atoms with Crippen LogP contribution < -0.4 is 0 Å². The van der Waals surface area contributed by atoms with E-state index in [1.165, 1.54) is 0 Å². The Morgan fingerprint density at radius 3 is 2.78 bits per heavy atom. The van der Waals surface area contributed by atoms with E-state index < -0.39 is 0 Å². The average molecular weight is 278 g/mol. The zero-order chi connectivity index (χ0) is 12.5. The lowest BCUT2D eigenvalue weighted by atomic mass is 10.2. The summed E-state index contributed by atoms with van der Waals surface area (Å²) >= 11 is 12.0. The van der Waals surface area contributed by atoms with Gasteiger partial charge in [0.2, 0.25) is 0 Å². The Bertz CT molecular complexity index is 706. The highest BCUT2D eigenvalue weighted by Crippen LogP contribution is 2.20. The summed E-state index contributed by atoms with van der Waals surface area (Å²) in [4.78, 5) is 4.23. The fraction of sp³-hybridized carbons (Fsp3) is 0.0769. The Morgan fingerprint density at radius 1 is 1.06 bits per heavy atom. The summed E-state index contributed by atoms with van der Waals surface area (Å²) in [6.45, 7) is 0.507. The lowest BCUT2D eigenvalue weighted by Crippen LogP contribution is -2.04. The van der Waals surface area contributed by atoms with Crippen molar-refractivity contribution >= 4 is 34.1 Å². The Hall–Kier alpha value is -1.58. The number of rotatable bonds is 2. The van der Waals surface area contributed by atoms with Gasteiger partial charge in [0, 0.05) is 5.39 Å². The van der Waals surface area contributed by atoms with Gasteiger partial charge in [0.15, 0.2) is 0 Å². The first-order valence-corrected chi connectivity index (χ1v) is 6.21. The molecule has 0 aliphatic carbocycles. The van der Waals surface area contributed by atoms with E-state index in [-0.39, 0.29) is 0 Å². The Labute approximate surface area is 114 Å². The van der Waals surface area contributed by atoms with Crippen molar-refractivity contribution in [3.63, 3.8) is 0 Å². The van der Waals surface area contributed by atoms with E-state index in [1.54, 1.807) is 12.1 Å². The fourth-order valence-electron chi connectivity index (χ4n) is 1.86. The van der Waals surface area contributed by atoms with Crippen LogP contribution in [0.15, 0.2) is 42.6 Å². The minimum absolute atomic E-state index is 0.436. The number of fused-ring (bicyclic) bond motifs is 1. The van der Waals surface area contributed by atoms with Crippen molar-refractivity contribution in [1.29, 1.82) is 0 Å². The maximum Gasteiger partial charge on any atom is 0.129 e. The van der Waals surface area contributed by atoms with E-state index in [9.17, 15) is 0 Å². The molecule has 18 heavy (non-hydrogen) atoms. The summed E-state index contributed by atoms with van der Waals surface area (Å²) in [5.41, 5.74) is 1.77. The van der Waals surface area contributed by atoms with Gasteiger partial charge in [-0.3, -0.25) is 4.68 Å². The van der Waals surface area contributed by atoms with Gasteiger partial charge in [0.25, 0.3) is 0 Å². The molecule has 3 aromatic rings. The standard InChI is InChI=1S/C13H9Cl2N3/c14-10-5-6-13(15)17-11(10)8-18-12-4-2-1-3-9(12)7-16-18/h1-7H,8H2. The average Bonchev–Trinajstić information content (AvgIpc) is 2.78. The molecule has 0 aliphatic heterocycles. The minimum atomic E-state index is 0.436. The molecule has 0 atom stereocenters. The zero-order valence-electron chi connectivity index (χ0n) is 9.35. The molecule has 5 heteroatoms. The highest BCUT2D eigenvalue weighted by atomic mass is 35.5. The van der Waals surface area contributed by atoms with E-state index in [4.69, 9.17) is 23.2 Å². The fourth-order valence-corrected chi connectivity index (χ4v) is 2.19. The molecule has 3 nitrogen and oxygen atoms in total. The summed E-state index contributed by atoms with van der Waals surface area (Å²) in [5.74, 6) is 0. The topological polar surface area (TPSA) is 30.7 Å². The smallest absolute Gasteiger partial charge is 0.129 e. The minimum Gasteiger partial charge on any atom is -0.259 e. The van der Waals surface area contributed by atoms with Gasteiger partial charge in [0.1, 0.15) is 5.15 Å². The van der Waals surface area contributed by atoms with Crippen LogP contribution in [-0.4, -0.2) is 14.8 Å². The third-order valence-electron chi connectivity index (χ3n) is 2.74. The quantitative estimate of drug-likeness (QED) is 0.668. The van der Waals surface area contributed by atoms with Crippen LogP contribution in [-0.2, 0) is 6.54 Å². The molecule has 0 saturated carbocycles. The molecule has 1 aromatic carbocycles. The third-order valence-corrected chi connectivity index (χ3v) is 3.29. The molecule has 0 aliphatic rings. The van der Waals surface area contributed by atoms with Gasteiger partial charge in [-0.05, 0) is 18.2 Å². The Morgan fingerprint density at radius 2 is 1.89 bits per heavy atom. The number of nitrogens with zero attached hydrogens (tertiary/aromatic N) is 3. The van der Waals surface area contributed by atoms with Crippen molar-refractivity contribution in [3.05, 3.63) is 58.5 Å². The first kappa shape index (κ1) is 11.5. The van der Waals surface area contributed by atoms with Crippen LogP contribution in [0.2, 0.25) is 10.2 Å². The number of pyridine rings is 1. The molecule has 0 saturated heterocycles. The highest BCUT2D eigenvalue weighted by molar-refractivity contribution is 6.32. The molecule has 0 amide bonds. The van der Waals surface area contributed by atoms with Gasteiger partial charge in [-0.1, -0.05) is 41.4 Å². The molecule has 3 rings (SSSR count). The predicted molar refractivity (Wildman–Crippen MR) is 73.1 cm³/mol.